The van der Waals surface area contributed by atoms with Gasteiger partial charge in [-0.2, -0.15) is 0 Å². The minimum Gasteiger partial charge on any atom is -0.344 e. The summed E-state index contributed by atoms with van der Waals surface area (Å²) in [5.74, 6) is -0.158. The Balaban J connectivity index is 2.21. The van der Waals surface area contributed by atoms with E-state index in [2.05, 4.69) is 10.3 Å². The van der Waals surface area contributed by atoms with Gasteiger partial charge in [0.2, 0.25) is 0 Å². The van der Waals surface area contributed by atoms with Crippen molar-refractivity contribution in [3.8, 4) is 0 Å². The highest BCUT2D eigenvalue weighted by Crippen LogP contribution is 2.17. The van der Waals surface area contributed by atoms with Gasteiger partial charge in [0.25, 0.3) is 5.91 Å². The van der Waals surface area contributed by atoms with Gasteiger partial charge in [0, 0.05) is 12.7 Å². The van der Waals surface area contributed by atoms with Gasteiger partial charge in [-0.1, -0.05) is 11.6 Å². The summed E-state index contributed by atoms with van der Waals surface area (Å²) in [5.41, 5.74) is 3.11. The van der Waals surface area contributed by atoms with Gasteiger partial charge in [-0.05, 0) is 37.6 Å². The maximum Gasteiger partial charge on any atom is 0.272 e. The van der Waals surface area contributed by atoms with Gasteiger partial charge in [0.15, 0.2) is 0 Å². The molecule has 2 aromatic rings. The van der Waals surface area contributed by atoms with Crippen molar-refractivity contribution < 1.29 is 4.79 Å². The number of aryl methyl sites for hydroxylation is 2. The molecule has 4 nitrogen and oxygen atoms in total. The molecule has 0 bridgehead atoms. The Morgan fingerprint density at radius 1 is 1.39 bits per heavy atom. The number of halogens is 1. The quantitative estimate of drug-likeness (QED) is 0.847. The number of nitrogens with zero attached hydrogens (tertiary/aromatic N) is 2. The minimum absolute atomic E-state index is 0.158. The van der Waals surface area contributed by atoms with Crippen molar-refractivity contribution in [2.45, 2.75) is 13.8 Å². The van der Waals surface area contributed by atoms with Crippen molar-refractivity contribution in [1.82, 2.24) is 9.55 Å². The van der Waals surface area contributed by atoms with Crippen molar-refractivity contribution in [2.24, 2.45) is 7.05 Å². The van der Waals surface area contributed by atoms with E-state index in [9.17, 15) is 4.79 Å². The second kappa shape index (κ2) is 4.82. The van der Waals surface area contributed by atoms with Gasteiger partial charge in [-0.3, -0.25) is 4.79 Å². The summed E-state index contributed by atoms with van der Waals surface area (Å²) >= 11 is 5.83. The van der Waals surface area contributed by atoms with Crippen molar-refractivity contribution >= 4 is 23.2 Å². The summed E-state index contributed by atoms with van der Waals surface area (Å²) in [6.45, 7) is 3.79. The lowest BCUT2D eigenvalue weighted by Crippen LogP contribution is -2.16. The van der Waals surface area contributed by atoms with E-state index in [0.29, 0.717) is 16.5 Å². The Hall–Kier alpha value is -1.81. The molecule has 2 aromatic heterocycles. The molecular weight excluding hydrogens is 250 g/mol. The number of pyridine rings is 1. The van der Waals surface area contributed by atoms with E-state index < -0.39 is 0 Å². The second-order valence-electron chi connectivity index (χ2n) is 4.20. The van der Waals surface area contributed by atoms with Crippen molar-refractivity contribution in [3.05, 3.63) is 46.5 Å². The van der Waals surface area contributed by atoms with E-state index in [4.69, 9.17) is 11.6 Å². The largest absolute Gasteiger partial charge is 0.344 e. The number of anilines is 1. The molecule has 1 amide bonds. The smallest absolute Gasteiger partial charge is 0.272 e. The molecule has 0 aliphatic heterocycles. The molecule has 2 heterocycles. The Bertz CT molecular complexity index is 604. The number of carbonyl (C=O) groups is 1. The van der Waals surface area contributed by atoms with Crippen LogP contribution in [0.15, 0.2) is 24.4 Å². The van der Waals surface area contributed by atoms with Crippen LogP contribution in [-0.4, -0.2) is 15.5 Å². The molecule has 0 spiro atoms. The fourth-order valence-corrected chi connectivity index (χ4v) is 1.77. The Morgan fingerprint density at radius 2 is 2.11 bits per heavy atom. The van der Waals surface area contributed by atoms with Crippen molar-refractivity contribution in [1.29, 1.82) is 0 Å². The maximum atomic E-state index is 12.1. The zero-order chi connectivity index (χ0) is 13.3. The average Bonchev–Trinajstić information content (AvgIpc) is 2.65. The van der Waals surface area contributed by atoms with E-state index in [1.165, 1.54) is 0 Å². The lowest BCUT2D eigenvalue weighted by Gasteiger charge is -2.08. The van der Waals surface area contributed by atoms with E-state index >= 15 is 0 Å². The van der Waals surface area contributed by atoms with Gasteiger partial charge in [0.1, 0.15) is 10.8 Å². The average molecular weight is 264 g/mol. The van der Waals surface area contributed by atoms with Crippen LogP contribution in [0.3, 0.4) is 0 Å². The summed E-state index contributed by atoms with van der Waals surface area (Å²) in [6, 6.07) is 5.49. The maximum absolute atomic E-state index is 12.1. The van der Waals surface area contributed by atoms with Crippen LogP contribution < -0.4 is 5.32 Å². The molecule has 0 saturated heterocycles. The summed E-state index contributed by atoms with van der Waals surface area (Å²) in [5, 5.41) is 3.25. The van der Waals surface area contributed by atoms with Crippen LogP contribution in [0.2, 0.25) is 5.15 Å². The van der Waals surface area contributed by atoms with Gasteiger partial charge < -0.3 is 9.88 Å². The number of hydrogen-bond donors (Lipinski definition) is 1. The highest BCUT2D eigenvalue weighted by atomic mass is 35.5. The molecule has 0 aliphatic rings. The molecule has 0 aliphatic carbocycles. The number of amides is 1. The normalized spacial score (nSPS) is 10.4. The summed E-state index contributed by atoms with van der Waals surface area (Å²) in [7, 11) is 1.86. The van der Waals surface area contributed by atoms with Crippen LogP contribution in [0.25, 0.3) is 0 Å². The lowest BCUT2D eigenvalue weighted by atomic mass is 10.3. The standard InChI is InChI=1S/C13H14ClN3O/c1-8-6-10(7-15-12(8)14)16-13(18)11-5-4-9(2)17(11)3/h4-7H,1-3H3,(H,16,18). The van der Waals surface area contributed by atoms with Crippen LogP contribution in [0.5, 0.6) is 0 Å². The summed E-state index contributed by atoms with van der Waals surface area (Å²) in [6.07, 6.45) is 1.54. The molecule has 0 atom stereocenters. The van der Waals surface area contributed by atoms with Crippen molar-refractivity contribution in [3.63, 3.8) is 0 Å². The number of carbonyl (C=O) groups excluding carboxylic acids is 1. The SMILES string of the molecule is Cc1cc(NC(=O)c2ccc(C)n2C)cnc1Cl. The zero-order valence-corrected chi connectivity index (χ0v) is 11.2. The summed E-state index contributed by atoms with van der Waals surface area (Å²) < 4.78 is 1.84. The molecule has 18 heavy (non-hydrogen) atoms. The molecule has 1 N–H and O–H groups in total. The van der Waals surface area contributed by atoms with Crippen LogP contribution in [0.4, 0.5) is 5.69 Å². The van der Waals surface area contributed by atoms with Crippen LogP contribution in [0.1, 0.15) is 21.7 Å². The van der Waals surface area contributed by atoms with E-state index in [1.54, 1.807) is 18.3 Å². The summed E-state index contributed by atoms with van der Waals surface area (Å²) in [4.78, 5) is 16.0. The third-order valence-corrected chi connectivity index (χ3v) is 3.27. The first-order valence-corrected chi connectivity index (χ1v) is 5.92. The van der Waals surface area contributed by atoms with Gasteiger partial charge in [-0.25, -0.2) is 4.98 Å². The third-order valence-electron chi connectivity index (χ3n) is 2.88. The van der Waals surface area contributed by atoms with Crippen molar-refractivity contribution in [2.75, 3.05) is 5.32 Å². The highest BCUT2D eigenvalue weighted by Gasteiger charge is 2.11. The molecule has 0 fully saturated rings. The van der Waals surface area contributed by atoms with Gasteiger partial charge in [0.05, 0.1) is 11.9 Å². The first-order chi connectivity index (χ1) is 8.49. The first-order valence-electron chi connectivity index (χ1n) is 5.55. The molecule has 0 radical (unpaired) electrons. The number of hydrogen-bond acceptors (Lipinski definition) is 2. The molecule has 0 aromatic carbocycles. The fourth-order valence-electron chi connectivity index (χ4n) is 1.66. The molecule has 0 unspecified atom stereocenters. The highest BCUT2D eigenvalue weighted by molar-refractivity contribution is 6.30. The number of aromatic nitrogens is 2. The third kappa shape index (κ3) is 2.38. The monoisotopic (exact) mass is 263 g/mol. The molecule has 0 saturated carbocycles. The predicted molar refractivity (Wildman–Crippen MR) is 72.1 cm³/mol. The van der Waals surface area contributed by atoms with E-state index in [0.717, 1.165) is 11.3 Å². The molecule has 94 valence electrons. The lowest BCUT2D eigenvalue weighted by molar-refractivity contribution is 0.101. The molecule has 2 rings (SSSR count). The van der Waals surface area contributed by atoms with E-state index in [-0.39, 0.29) is 5.91 Å². The Kier molecular flexibility index (Phi) is 3.39. The van der Waals surface area contributed by atoms with Crippen LogP contribution in [0, 0.1) is 13.8 Å². The molecular formula is C13H14ClN3O. The van der Waals surface area contributed by atoms with Crippen LogP contribution in [-0.2, 0) is 7.05 Å². The number of rotatable bonds is 2. The van der Waals surface area contributed by atoms with Gasteiger partial charge in [-0.15, -0.1) is 0 Å². The first kappa shape index (κ1) is 12.6. The van der Waals surface area contributed by atoms with Crippen LogP contribution >= 0.6 is 11.6 Å². The zero-order valence-electron chi connectivity index (χ0n) is 10.5. The number of nitrogens with one attached hydrogen (secondary N) is 1. The Morgan fingerprint density at radius 3 is 2.67 bits per heavy atom. The topological polar surface area (TPSA) is 46.9 Å². The second-order valence-corrected chi connectivity index (χ2v) is 4.56. The molecule has 5 heteroatoms. The van der Waals surface area contributed by atoms with Gasteiger partial charge >= 0.3 is 0 Å². The predicted octanol–water partition coefficient (Wildman–Crippen LogP) is 2.94. The minimum atomic E-state index is -0.158. The fraction of sp³-hybridized carbons (Fsp3) is 0.231. The Labute approximate surface area is 111 Å². The van der Waals surface area contributed by atoms with E-state index in [1.807, 2.05) is 31.5 Å².